The van der Waals surface area contributed by atoms with Crippen molar-refractivity contribution in [3.8, 4) is 11.3 Å². The minimum atomic E-state index is -1.15. The van der Waals surface area contributed by atoms with Crippen LogP contribution in [0.4, 0.5) is 6.01 Å². The van der Waals surface area contributed by atoms with Crippen LogP contribution in [0.15, 0.2) is 28.7 Å². The Morgan fingerprint density at radius 3 is 2.94 bits per heavy atom. The van der Waals surface area contributed by atoms with E-state index < -0.39 is 5.97 Å². The zero-order valence-corrected chi connectivity index (χ0v) is 9.30. The number of rotatable bonds is 3. The maximum absolute atomic E-state index is 11.0. The highest BCUT2D eigenvalue weighted by atomic mass is 16.4. The number of nitrogens with two attached hydrogens (primary N) is 1. The Balaban J connectivity index is 2.55. The van der Waals surface area contributed by atoms with Crippen molar-refractivity contribution < 1.29 is 14.3 Å². The zero-order valence-electron chi connectivity index (χ0n) is 9.30. The summed E-state index contributed by atoms with van der Waals surface area (Å²) in [7, 11) is 0. The molecule has 17 heavy (non-hydrogen) atoms. The van der Waals surface area contributed by atoms with Crippen LogP contribution < -0.4 is 5.73 Å². The molecule has 88 valence electrons. The second-order valence-corrected chi connectivity index (χ2v) is 3.59. The maximum atomic E-state index is 11.0. The fourth-order valence-electron chi connectivity index (χ4n) is 1.61. The van der Waals surface area contributed by atoms with Gasteiger partial charge in [-0.05, 0) is 18.1 Å². The van der Waals surface area contributed by atoms with Crippen LogP contribution in [-0.4, -0.2) is 16.1 Å². The van der Waals surface area contributed by atoms with Crippen molar-refractivity contribution in [2.45, 2.75) is 13.3 Å². The molecule has 0 atom stereocenters. The standard InChI is InChI=1S/C12H12N2O3/c1-2-7-4-3-5-8(6-7)10-9(11(15)16)14-12(13)17-10/h3-6H,2H2,1H3,(H2,13,14)(H,15,16). The van der Waals surface area contributed by atoms with Crippen LogP contribution in [0.5, 0.6) is 0 Å². The molecule has 0 saturated carbocycles. The summed E-state index contributed by atoms with van der Waals surface area (Å²) < 4.78 is 5.15. The highest BCUT2D eigenvalue weighted by molar-refractivity contribution is 5.92. The summed E-state index contributed by atoms with van der Waals surface area (Å²) >= 11 is 0. The molecule has 1 aromatic carbocycles. The Bertz CT molecular complexity index is 561. The molecule has 0 spiro atoms. The van der Waals surface area contributed by atoms with Crippen LogP contribution in [0.25, 0.3) is 11.3 Å². The van der Waals surface area contributed by atoms with Crippen LogP contribution in [0.1, 0.15) is 23.0 Å². The van der Waals surface area contributed by atoms with Crippen molar-refractivity contribution in [1.82, 2.24) is 4.98 Å². The van der Waals surface area contributed by atoms with Gasteiger partial charge in [0.05, 0.1) is 0 Å². The van der Waals surface area contributed by atoms with Crippen molar-refractivity contribution in [3.05, 3.63) is 35.5 Å². The average Bonchev–Trinajstić information content (AvgIpc) is 2.72. The number of anilines is 1. The largest absolute Gasteiger partial charge is 0.476 e. The molecule has 5 heteroatoms. The first-order valence-corrected chi connectivity index (χ1v) is 5.20. The van der Waals surface area contributed by atoms with Gasteiger partial charge in [-0.3, -0.25) is 0 Å². The SMILES string of the molecule is CCc1cccc(-c2oc(N)nc2C(=O)O)c1. The lowest BCUT2D eigenvalue weighted by Crippen LogP contribution is -1.99. The molecule has 2 aromatic rings. The van der Waals surface area contributed by atoms with Gasteiger partial charge in [0.25, 0.3) is 6.01 Å². The smallest absolute Gasteiger partial charge is 0.358 e. The Labute approximate surface area is 97.9 Å². The summed E-state index contributed by atoms with van der Waals surface area (Å²) in [4.78, 5) is 14.6. The normalized spacial score (nSPS) is 10.4. The molecule has 0 radical (unpaired) electrons. The van der Waals surface area contributed by atoms with Crippen molar-refractivity contribution in [1.29, 1.82) is 0 Å². The first-order chi connectivity index (χ1) is 8.11. The number of nitrogens with zero attached hydrogens (tertiary/aromatic N) is 1. The molecule has 5 nitrogen and oxygen atoms in total. The van der Waals surface area contributed by atoms with Gasteiger partial charge in [0.15, 0.2) is 11.5 Å². The van der Waals surface area contributed by atoms with E-state index in [1.165, 1.54) is 0 Å². The first kappa shape index (κ1) is 11.2. The molecular formula is C12H12N2O3. The van der Waals surface area contributed by atoms with Gasteiger partial charge in [-0.2, -0.15) is 4.98 Å². The summed E-state index contributed by atoms with van der Waals surface area (Å²) in [5.74, 6) is -0.951. The van der Waals surface area contributed by atoms with Crippen LogP contribution in [0.2, 0.25) is 0 Å². The van der Waals surface area contributed by atoms with E-state index in [4.69, 9.17) is 15.3 Å². The van der Waals surface area contributed by atoms with Gasteiger partial charge in [-0.1, -0.05) is 25.1 Å². The number of aromatic carboxylic acids is 1. The Morgan fingerprint density at radius 1 is 1.53 bits per heavy atom. The van der Waals surface area contributed by atoms with Gasteiger partial charge in [0.1, 0.15) is 0 Å². The van der Waals surface area contributed by atoms with E-state index in [0.717, 1.165) is 12.0 Å². The number of aryl methyl sites for hydroxylation is 1. The predicted molar refractivity (Wildman–Crippen MR) is 62.7 cm³/mol. The maximum Gasteiger partial charge on any atom is 0.358 e. The molecule has 0 bridgehead atoms. The summed E-state index contributed by atoms with van der Waals surface area (Å²) in [5.41, 5.74) is 6.99. The fourth-order valence-corrected chi connectivity index (χ4v) is 1.61. The van der Waals surface area contributed by atoms with Gasteiger partial charge >= 0.3 is 5.97 Å². The molecule has 1 aromatic heterocycles. The van der Waals surface area contributed by atoms with E-state index in [0.29, 0.717) is 5.56 Å². The molecule has 0 unspecified atom stereocenters. The van der Waals surface area contributed by atoms with Gasteiger partial charge in [0.2, 0.25) is 0 Å². The number of benzene rings is 1. The second-order valence-electron chi connectivity index (χ2n) is 3.59. The lowest BCUT2D eigenvalue weighted by Gasteiger charge is -2.01. The van der Waals surface area contributed by atoms with Crippen molar-refractivity contribution in [3.63, 3.8) is 0 Å². The third-order valence-corrected chi connectivity index (χ3v) is 2.44. The lowest BCUT2D eigenvalue weighted by atomic mass is 10.1. The predicted octanol–water partition coefficient (Wildman–Crippen LogP) is 2.18. The molecule has 0 aliphatic carbocycles. The third-order valence-electron chi connectivity index (χ3n) is 2.44. The van der Waals surface area contributed by atoms with Gasteiger partial charge < -0.3 is 15.3 Å². The average molecular weight is 232 g/mol. The quantitative estimate of drug-likeness (QED) is 0.846. The molecule has 0 saturated heterocycles. The zero-order chi connectivity index (χ0) is 12.4. The number of hydrogen-bond acceptors (Lipinski definition) is 4. The Kier molecular flexibility index (Phi) is 2.82. The van der Waals surface area contributed by atoms with Crippen LogP contribution in [0.3, 0.4) is 0 Å². The van der Waals surface area contributed by atoms with E-state index >= 15 is 0 Å². The summed E-state index contributed by atoms with van der Waals surface area (Å²) in [6, 6.07) is 7.31. The van der Waals surface area contributed by atoms with E-state index in [-0.39, 0.29) is 17.5 Å². The van der Waals surface area contributed by atoms with Gasteiger partial charge in [-0.15, -0.1) is 0 Å². The number of oxazole rings is 1. The molecule has 0 aliphatic heterocycles. The van der Waals surface area contributed by atoms with E-state index in [9.17, 15) is 4.79 Å². The Morgan fingerprint density at radius 2 is 2.29 bits per heavy atom. The monoisotopic (exact) mass is 232 g/mol. The number of hydrogen-bond donors (Lipinski definition) is 2. The summed E-state index contributed by atoms with van der Waals surface area (Å²) in [5, 5.41) is 8.99. The molecule has 2 rings (SSSR count). The van der Waals surface area contributed by atoms with Gasteiger partial charge in [0, 0.05) is 5.56 Å². The summed E-state index contributed by atoms with van der Waals surface area (Å²) in [6.07, 6.45) is 0.861. The highest BCUT2D eigenvalue weighted by Gasteiger charge is 2.19. The van der Waals surface area contributed by atoms with Crippen LogP contribution in [-0.2, 0) is 6.42 Å². The Hall–Kier alpha value is -2.30. The molecule has 0 aliphatic rings. The number of nitrogen functional groups attached to an aromatic ring is 1. The molecular weight excluding hydrogens is 220 g/mol. The molecule has 0 fully saturated rings. The van der Waals surface area contributed by atoms with Crippen molar-refractivity contribution in [2.24, 2.45) is 0 Å². The number of carboxylic acids is 1. The minimum absolute atomic E-state index is 0.140. The second kappa shape index (κ2) is 4.29. The van der Waals surface area contributed by atoms with E-state index in [1.807, 2.05) is 25.1 Å². The molecule has 0 amide bonds. The molecule has 3 N–H and O–H groups in total. The van der Waals surface area contributed by atoms with Crippen LogP contribution in [0, 0.1) is 0 Å². The van der Waals surface area contributed by atoms with E-state index in [2.05, 4.69) is 4.98 Å². The van der Waals surface area contributed by atoms with Crippen molar-refractivity contribution >= 4 is 12.0 Å². The first-order valence-electron chi connectivity index (χ1n) is 5.20. The molecule has 1 heterocycles. The summed E-state index contributed by atoms with van der Waals surface area (Å²) in [6.45, 7) is 2.02. The highest BCUT2D eigenvalue weighted by Crippen LogP contribution is 2.26. The third kappa shape index (κ3) is 2.13. The lowest BCUT2D eigenvalue weighted by molar-refractivity contribution is 0.0691. The van der Waals surface area contributed by atoms with Crippen LogP contribution >= 0.6 is 0 Å². The van der Waals surface area contributed by atoms with E-state index in [1.54, 1.807) is 6.07 Å². The topological polar surface area (TPSA) is 89.4 Å². The van der Waals surface area contributed by atoms with Gasteiger partial charge in [-0.25, -0.2) is 4.79 Å². The fraction of sp³-hybridized carbons (Fsp3) is 0.167. The number of carbonyl (C=O) groups is 1. The van der Waals surface area contributed by atoms with Crippen molar-refractivity contribution in [2.75, 3.05) is 5.73 Å². The minimum Gasteiger partial charge on any atom is -0.476 e. The number of carboxylic acid groups (broad SMARTS) is 1. The number of aromatic nitrogens is 1.